The predicted octanol–water partition coefficient (Wildman–Crippen LogP) is 2.81. The van der Waals surface area contributed by atoms with E-state index in [2.05, 4.69) is 21.2 Å². The predicted molar refractivity (Wildman–Crippen MR) is 68.1 cm³/mol. The van der Waals surface area contributed by atoms with Gasteiger partial charge in [0.15, 0.2) is 11.4 Å². The second kappa shape index (κ2) is 5.72. The number of benzene rings is 1. The summed E-state index contributed by atoms with van der Waals surface area (Å²) in [6.45, 7) is 2.40. The van der Waals surface area contributed by atoms with Crippen LogP contribution in [-0.4, -0.2) is 25.7 Å². The molecule has 0 aromatic heterocycles. The molecule has 17 heavy (non-hydrogen) atoms. The molecular formula is C10H13BrN2O4. The highest BCUT2D eigenvalue weighted by atomic mass is 79.9. The minimum atomic E-state index is -0.477. The Morgan fingerprint density at radius 3 is 2.53 bits per heavy atom. The monoisotopic (exact) mass is 304 g/mol. The van der Waals surface area contributed by atoms with Gasteiger partial charge in [0.1, 0.15) is 10.2 Å². The summed E-state index contributed by atoms with van der Waals surface area (Å²) in [7, 11) is 2.89. The number of nitro groups is 1. The Labute approximate surface area is 107 Å². The molecule has 0 spiro atoms. The molecule has 0 aliphatic heterocycles. The van der Waals surface area contributed by atoms with Gasteiger partial charge in [-0.15, -0.1) is 0 Å². The van der Waals surface area contributed by atoms with Crippen molar-refractivity contribution in [1.82, 2.24) is 0 Å². The first-order chi connectivity index (χ1) is 8.06. The minimum absolute atomic E-state index is 0.0799. The summed E-state index contributed by atoms with van der Waals surface area (Å²) in [5.74, 6) is 0.716. The number of halogens is 1. The number of hydrogen-bond acceptors (Lipinski definition) is 5. The Morgan fingerprint density at radius 2 is 2.12 bits per heavy atom. The van der Waals surface area contributed by atoms with E-state index in [-0.39, 0.29) is 5.69 Å². The molecule has 0 heterocycles. The number of nitrogens with one attached hydrogen (secondary N) is 1. The lowest BCUT2D eigenvalue weighted by atomic mass is 10.2. The van der Waals surface area contributed by atoms with Crippen LogP contribution in [0.5, 0.6) is 11.5 Å². The fourth-order valence-electron chi connectivity index (χ4n) is 1.43. The number of hydrogen-bond donors (Lipinski definition) is 1. The molecule has 1 aromatic rings. The smallest absolute Gasteiger partial charge is 0.299 e. The molecule has 1 rings (SSSR count). The number of methoxy groups -OCH3 is 2. The van der Waals surface area contributed by atoms with Crippen LogP contribution in [0.15, 0.2) is 10.5 Å². The molecule has 0 saturated carbocycles. The highest BCUT2D eigenvalue weighted by molar-refractivity contribution is 9.10. The van der Waals surface area contributed by atoms with Crippen molar-refractivity contribution in [1.29, 1.82) is 0 Å². The van der Waals surface area contributed by atoms with Gasteiger partial charge in [-0.1, -0.05) is 0 Å². The summed E-state index contributed by atoms with van der Waals surface area (Å²) in [6, 6.07) is 1.35. The zero-order chi connectivity index (χ0) is 13.0. The van der Waals surface area contributed by atoms with Crippen LogP contribution in [-0.2, 0) is 0 Å². The Morgan fingerprint density at radius 1 is 1.47 bits per heavy atom. The van der Waals surface area contributed by atoms with E-state index < -0.39 is 4.92 Å². The van der Waals surface area contributed by atoms with Crippen molar-refractivity contribution in [2.24, 2.45) is 0 Å². The van der Waals surface area contributed by atoms with Crippen LogP contribution in [0.3, 0.4) is 0 Å². The van der Waals surface area contributed by atoms with Crippen LogP contribution >= 0.6 is 15.9 Å². The van der Waals surface area contributed by atoms with Crippen molar-refractivity contribution in [2.45, 2.75) is 6.92 Å². The van der Waals surface area contributed by atoms with E-state index in [1.54, 1.807) is 0 Å². The summed E-state index contributed by atoms with van der Waals surface area (Å²) in [5.41, 5.74) is 0.261. The molecule has 6 nitrogen and oxygen atoms in total. The van der Waals surface area contributed by atoms with Crippen LogP contribution in [0, 0.1) is 10.1 Å². The Bertz CT molecular complexity index is 437. The van der Waals surface area contributed by atoms with E-state index in [0.29, 0.717) is 28.2 Å². The average Bonchev–Trinajstić information content (AvgIpc) is 2.29. The van der Waals surface area contributed by atoms with E-state index in [1.165, 1.54) is 20.3 Å². The maximum absolute atomic E-state index is 11.0. The highest BCUT2D eigenvalue weighted by Gasteiger charge is 2.24. The number of nitrogens with zero attached hydrogens (tertiary/aromatic N) is 1. The third-order valence-corrected chi connectivity index (χ3v) is 2.89. The molecule has 1 aromatic carbocycles. The maximum atomic E-state index is 11.0. The van der Waals surface area contributed by atoms with Crippen molar-refractivity contribution < 1.29 is 14.4 Å². The molecular weight excluding hydrogens is 292 g/mol. The molecule has 0 fully saturated rings. The normalized spacial score (nSPS) is 9.88. The Kier molecular flexibility index (Phi) is 4.56. The first-order valence-electron chi connectivity index (χ1n) is 4.89. The molecule has 0 aliphatic carbocycles. The highest BCUT2D eigenvalue weighted by Crippen LogP contribution is 2.45. The third-order valence-electron chi connectivity index (χ3n) is 2.14. The minimum Gasteiger partial charge on any atom is -0.495 e. The second-order valence-corrected chi connectivity index (χ2v) is 3.90. The quantitative estimate of drug-likeness (QED) is 0.669. The zero-order valence-electron chi connectivity index (χ0n) is 9.74. The number of rotatable bonds is 5. The van der Waals surface area contributed by atoms with Crippen LogP contribution < -0.4 is 14.8 Å². The Hall–Kier alpha value is -1.50. The van der Waals surface area contributed by atoms with Gasteiger partial charge in [0.05, 0.1) is 25.2 Å². The first-order valence-corrected chi connectivity index (χ1v) is 5.68. The molecule has 0 radical (unpaired) electrons. The van der Waals surface area contributed by atoms with E-state index >= 15 is 0 Å². The molecule has 0 unspecified atom stereocenters. The molecule has 0 aliphatic rings. The van der Waals surface area contributed by atoms with Gasteiger partial charge in [-0.3, -0.25) is 10.1 Å². The van der Waals surface area contributed by atoms with Crippen LogP contribution in [0.1, 0.15) is 6.92 Å². The van der Waals surface area contributed by atoms with Crippen LogP contribution in [0.2, 0.25) is 0 Å². The van der Waals surface area contributed by atoms with E-state index in [1.807, 2.05) is 6.92 Å². The van der Waals surface area contributed by atoms with Crippen molar-refractivity contribution in [3.63, 3.8) is 0 Å². The van der Waals surface area contributed by atoms with Crippen LogP contribution in [0.25, 0.3) is 0 Å². The van der Waals surface area contributed by atoms with Crippen molar-refractivity contribution in [2.75, 3.05) is 26.1 Å². The molecule has 0 atom stereocenters. The van der Waals surface area contributed by atoms with E-state index in [9.17, 15) is 10.1 Å². The van der Waals surface area contributed by atoms with Crippen molar-refractivity contribution in [3.05, 3.63) is 20.7 Å². The fourth-order valence-corrected chi connectivity index (χ4v) is 2.07. The average molecular weight is 305 g/mol. The van der Waals surface area contributed by atoms with Gasteiger partial charge in [0.2, 0.25) is 0 Å². The summed E-state index contributed by atoms with van der Waals surface area (Å²) < 4.78 is 10.8. The molecule has 94 valence electrons. The summed E-state index contributed by atoms with van der Waals surface area (Å²) >= 11 is 3.29. The van der Waals surface area contributed by atoms with Gasteiger partial charge < -0.3 is 14.8 Å². The third kappa shape index (κ3) is 2.60. The Balaban J connectivity index is 3.51. The zero-order valence-corrected chi connectivity index (χ0v) is 11.3. The van der Waals surface area contributed by atoms with E-state index in [4.69, 9.17) is 9.47 Å². The number of ether oxygens (including phenoxy) is 2. The summed E-state index contributed by atoms with van der Waals surface area (Å²) in [5, 5.41) is 13.9. The maximum Gasteiger partial charge on any atom is 0.299 e. The molecule has 7 heteroatoms. The van der Waals surface area contributed by atoms with E-state index in [0.717, 1.165) is 0 Å². The first kappa shape index (κ1) is 13.6. The van der Waals surface area contributed by atoms with Gasteiger partial charge in [-0.05, 0) is 22.9 Å². The SMILES string of the molecule is CCNc1c([N+](=O)[O-])cc(OC)c(Br)c1OC. The number of nitro benzene ring substituents is 1. The van der Waals surface area contributed by atoms with Gasteiger partial charge >= 0.3 is 0 Å². The van der Waals surface area contributed by atoms with Gasteiger partial charge in [0.25, 0.3) is 5.69 Å². The molecule has 0 bridgehead atoms. The van der Waals surface area contributed by atoms with Gasteiger partial charge in [0, 0.05) is 6.54 Å². The molecule has 1 N–H and O–H groups in total. The lowest BCUT2D eigenvalue weighted by Crippen LogP contribution is -2.05. The molecule has 0 saturated heterocycles. The lowest BCUT2D eigenvalue weighted by Gasteiger charge is -2.14. The summed E-state index contributed by atoms with van der Waals surface area (Å²) in [4.78, 5) is 10.5. The van der Waals surface area contributed by atoms with Gasteiger partial charge in [-0.2, -0.15) is 0 Å². The van der Waals surface area contributed by atoms with Crippen molar-refractivity contribution in [3.8, 4) is 11.5 Å². The van der Waals surface area contributed by atoms with Crippen molar-refractivity contribution >= 4 is 27.3 Å². The van der Waals surface area contributed by atoms with Gasteiger partial charge in [-0.25, -0.2) is 0 Å². The number of anilines is 1. The second-order valence-electron chi connectivity index (χ2n) is 3.11. The van der Waals surface area contributed by atoms with Crippen LogP contribution in [0.4, 0.5) is 11.4 Å². The standard InChI is InChI=1S/C10H13BrN2O4/c1-4-12-9-6(13(14)15)5-7(16-2)8(11)10(9)17-3/h5,12H,4H2,1-3H3. The summed E-state index contributed by atoms with van der Waals surface area (Å²) in [6.07, 6.45) is 0. The lowest BCUT2D eigenvalue weighted by molar-refractivity contribution is -0.384. The topological polar surface area (TPSA) is 73.6 Å². The largest absolute Gasteiger partial charge is 0.495 e. The molecule has 0 amide bonds. The fraction of sp³-hybridized carbons (Fsp3) is 0.400.